The molecule has 0 unspecified atom stereocenters. The van der Waals surface area contributed by atoms with Crippen molar-refractivity contribution in [1.82, 2.24) is 19.7 Å². The summed E-state index contributed by atoms with van der Waals surface area (Å²) in [5, 5.41) is 9.43. The summed E-state index contributed by atoms with van der Waals surface area (Å²) in [7, 11) is 0. The molecule has 6 nitrogen and oxygen atoms in total. The Morgan fingerprint density at radius 2 is 1.75 bits per heavy atom. The SMILES string of the molecule is O=C1c2ccccc2C(=O)N1CCSc1nnc2n1CCCCC2. The Balaban J connectivity index is 1.41. The van der Waals surface area contributed by atoms with Gasteiger partial charge in [-0.05, 0) is 25.0 Å². The number of hydrogen-bond acceptors (Lipinski definition) is 5. The molecule has 124 valence electrons. The lowest BCUT2D eigenvalue weighted by Gasteiger charge is -2.13. The summed E-state index contributed by atoms with van der Waals surface area (Å²) in [6, 6.07) is 6.99. The summed E-state index contributed by atoms with van der Waals surface area (Å²) >= 11 is 1.56. The van der Waals surface area contributed by atoms with Crippen LogP contribution < -0.4 is 0 Å². The van der Waals surface area contributed by atoms with Crippen LogP contribution in [0.1, 0.15) is 45.8 Å². The number of fused-ring (bicyclic) bond motifs is 2. The van der Waals surface area contributed by atoms with Crippen LogP contribution in [0.4, 0.5) is 0 Å². The topological polar surface area (TPSA) is 68.1 Å². The number of carbonyl (C=O) groups excluding carboxylic acids is 2. The zero-order valence-electron chi connectivity index (χ0n) is 13.3. The average molecular weight is 342 g/mol. The van der Waals surface area contributed by atoms with Gasteiger partial charge in [-0.3, -0.25) is 14.5 Å². The smallest absolute Gasteiger partial charge is 0.261 e. The first-order valence-corrected chi connectivity index (χ1v) is 9.24. The minimum Gasteiger partial charge on any atom is -0.306 e. The Kier molecular flexibility index (Phi) is 4.10. The maximum absolute atomic E-state index is 12.3. The summed E-state index contributed by atoms with van der Waals surface area (Å²) in [6.45, 7) is 1.34. The second kappa shape index (κ2) is 6.39. The van der Waals surface area contributed by atoms with E-state index in [0.29, 0.717) is 23.4 Å². The van der Waals surface area contributed by atoms with Gasteiger partial charge in [0.1, 0.15) is 5.82 Å². The van der Waals surface area contributed by atoms with Crippen LogP contribution in [0.25, 0.3) is 0 Å². The van der Waals surface area contributed by atoms with Crippen LogP contribution in [0, 0.1) is 0 Å². The predicted octanol–water partition coefficient (Wildman–Crippen LogP) is 2.39. The number of aryl methyl sites for hydroxylation is 1. The number of thioether (sulfide) groups is 1. The maximum Gasteiger partial charge on any atom is 0.261 e. The van der Waals surface area contributed by atoms with Crippen LogP contribution >= 0.6 is 11.8 Å². The molecule has 3 heterocycles. The Morgan fingerprint density at radius 3 is 2.50 bits per heavy atom. The quantitative estimate of drug-likeness (QED) is 0.630. The molecule has 0 bridgehead atoms. The first-order chi connectivity index (χ1) is 11.8. The number of nitrogens with zero attached hydrogens (tertiary/aromatic N) is 4. The highest BCUT2D eigenvalue weighted by Crippen LogP contribution is 2.25. The van der Waals surface area contributed by atoms with E-state index in [1.807, 2.05) is 0 Å². The molecule has 1 aromatic carbocycles. The molecule has 0 atom stereocenters. The van der Waals surface area contributed by atoms with Gasteiger partial charge in [0, 0.05) is 25.3 Å². The number of aromatic nitrogens is 3. The third-order valence-electron chi connectivity index (χ3n) is 4.50. The monoisotopic (exact) mass is 342 g/mol. The largest absolute Gasteiger partial charge is 0.306 e. The molecular weight excluding hydrogens is 324 g/mol. The van der Waals surface area contributed by atoms with Gasteiger partial charge >= 0.3 is 0 Å². The lowest BCUT2D eigenvalue weighted by Crippen LogP contribution is -2.31. The van der Waals surface area contributed by atoms with Crippen LogP contribution in [-0.4, -0.2) is 43.8 Å². The Hall–Kier alpha value is -2.15. The molecule has 0 saturated carbocycles. The highest BCUT2D eigenvalue weighted by atomic mass is 32.2. The molecule has 4 rings (SSSR count). The van der Waals surface area contributed by atoms with E-state index in [9.17, 15) is 9.59 Å². The maximum atomic E-state index is 12.3. The fourth-order valence-electron chi connectivity index (χ4n) is 3.24. The van der Waals surface area contributed by atoms with Crippen LogP contribution in [0.5, 0.6) is 0 Å². The third-order valence-corrected chi connectivity index (χ3v) is 5.45. The lowest BCUT2D eigenvalue weighted by atomic mass is 10.1. The number of benzene rings is 1. The summed E-state index contributed by atoms with van der Waals surface area (Å²) in [5.41, 5.74) is 1.01. The minimum atomic E-state index is -0.198. The second-order valence-electron chi connectivity index (χ2n) is 6.02. The molecule has 2 aliphatic heterocycles. The number of amides is 2. The summed E-state index contributed by atoms with van der Waals surface area (Å²) in [5.74, 6) is 1.28. The van der Waals surface area contributed by atoms with Crippen molar-refractivity contribution in [2.24, 2.45) is 0 Å². The van der Waals surface area contributed by atoms with Gasteiger partial charge in [-0.15, -0.1) is 10.2 Å². The molecule has 2 amide bonds. The van der Waals surface area contributed by atoms with Gasteiger partial charge in [0.05, 0.1) is 11.1 Å². The Labute approximate surface area is 144 Å². The minimum absolute atomic E-state index is 0.198. The molecule has 0 aliphatic carbocycles. The van der Waals surface area contributed by atoms with E-state index in [1.165, 1.54) is 11.3 Å². The average Bonchev–Trinajstić information content (AvgIpc) is 2.97. The zero-order valence-corrected chi connectivity index (χ0v) is 14.1. The van der Waals surface area contributed by atoms with Crippen molar-refractivity contribution in [3.8, 4) is 0 Å². The molecule has 1 aromatic heterocycles. The van der Waals surface area contributed by atoms with E-state index in [1.54, 1.807) is 36.0 Å². The fraction of sp³-hybridized carbons (Fsp3) is 0.412. The van der Waals surface area contributed by atoms with Crippen LogP contribution in [0.3, 0.4) is 0 Å². The van der Waals surface area contributed by atoms with E-state index in [0.717, 1.165) is 36.8 Å². The molecule has 2 aromatic rings. The third kappa shape index (κ3) is 2.62. The molecule has 0 saturated heterocycles. The van der Waals surface area contributed by atoms with Crippen molar-refractivity contribution in [2.75, 3.05) is 12.3 Å². The molecule has 0 fully saturated rings. The number of carbonyl (C=O) groups is 2. The van der Waals surface area contributed by atoms with Gasteiger partial charge in [-0.25, -0.2) is 0 Å². The van der Waals surface area contributed by atoms with Crippen molar-refractivity contribution in [2.45, 2.75) is 37.4 Å². The molecule has 2 aliphatic rings. The number of imide groups is 1. The summed E-state index contributed by atoms with van der Waals surface area (Å²) < 4.78 is 2.18. The van der Waals surface area contributed by atoms with E-state index in [-0.39, 0.29) is 11.8 Å². The van der Waals surface area contributed by atoms with E-state index < -0.39 is 0 Å². The first-order valence-electron chi connectivity index (χ1n) is 8.26. The van der Waals surface area contributed by atoms with Crippen LogP contribution in [-0.2, 0) is 13.0 Å². The van der Waals surface area contributed by atoms with Crippen molar-refractivity contribution >= 4 is 23.6 Å². The van der Waals surface area contributed by atoms with Gasteiger partial charge < -0.3 is 4.57 Å². The van der Waals surface area contributed by atoms with Crippen molar-refractivity contribution in [3.05, 3.63) is 41.2 Å². The predicted molar refractivity (Wildman–Crippen MR) is 90.1 cm³/mol. The van der Waals surface area contributed by atoms with E-state index in [2.05, 4.69) is 14.8 Å². The summed E-state index contributed by atoms with van der Waals surface area (Å²) in [6.07, 6.45) is 4.52. The van der Waals surface area contributed by atoms with E-state index >= 15 is 0 Å². The first kappa shape index (κ1) is 15.4. The summed E-state index contributed by atoms with van der Waals surface area (Å²) in [4.78, 5) is 26.0. The molecular formula is C17H18N4O2S. The van der Waals surface area contributed by atoms with Crippen molar-refractivity contribution in [3.63, 3.8) is 0 Å². The van der Waals surface area contributed by atoms with Gasteiger partial charge in [0.15, 0.2) is 5.16 Å². The van der Waals surface area contributed by atoms with Gasteiger partial charge in [-0.2, -0.15) is 0 Å². The zero-order chi connectivity index (χ0) is 16.5. The normalized spacial score (nSPS) is 16.9. The van der Waals surface area contributed by atoms with Crippen LogP contribution in [0.15, 0.2) is 29.4 Å². The fourth-order valence-corrected chi connectivity index (χ4v) is 4.14. The van der Waals surface area contributed by atoms with Gasteiger partial charge in [0.25, 0.3) is 11.8 Å². The van der Waals surface area contributed by atoms with Crippen molar-refractivity contribution in [1.29, 1.82) is 0 Å². The highest BCUT2D eigenvalue weighted by molar-refractivity contribution is 7.99. The standard InChI is InChI=1S/C17H18N4O2S/c22-15-12-6-3-4-7-13(12)16(23)21(15)10-11-24-17-19-18-14-8-2-1-5-9-20(14)17/h3-4,6-7H,1-2,5,8-11H2. The molecule has 7 heteroatoms. The molecule has 0 spiro atoms. The number of rotatable bonds is 4. The highest BCUT2D eigenvalue weighted by Gasteiger charge is 2.34. The van der Waals surface area contributed by atoms with Crippen LogP contribution in [0.2, 0.25) is 0 Å². The Morgan fingerprint density at radius 1 is 1.00 bits per heavy atom. The van der Waals surface area contributed by atoms with Gasteiger partial charge in [-0.1, -0.05) is 30.3 Å². The molecule has 0 radical (unpaired) electrons. The lowest BCUT2D eigenvalue weighted by molar-refractivity contribution is 0.0664. The Bertz CT molecular complexity index is 767. The molecule has 24 heavy (non-hydrogen) atoms. The van der Waals surface area contributed by atoms with Crippen molar-refractivity contribution < 1.29 is 9.59 Å². The van der Waals surface area contributed by atoms with E-state index in [4.69, 9.17) is 0 Å². The van der Waals surface area contributed by atoms with Gasteiger partial charge in [0.2, 0.25) is 0 Å². The number of hydrogen-bond donors (Lipinski definition) is 0. The molecule has 0 N–H and O–H groups in total. The second-order valence-corrected chi connectivity index (χ2v) is 7.08.